The number of aromatic nitrogens is 2. The Kier molecular flexibility index (Phi) is 4.58. The van der Waals surface area contributed by atoms with Crippen molar-refractivity contribution in [2.24, 2.45) is 11.8 Å². The van der Waals surface area contributed by atoms with Gasteiger partial charge >= 0.3 is 0 Å². The van der Waals surface area contributed by atoms with Gasteiger partial charge in [0.05, 0.1) is 27.7 Å². The van der Waals surface area contributed by atoms with Crippen LogP contribution in [-0.2, 0) is 16.4 Å². The van der Waals surface area contributed by atoms with E-state index in [2.05, 4.69) is 12.0 Å². The minimum Gasteiger partial charge on any atom is -0.387 e. The van der Waals surface area contributed by atoms with Crippen LogP contribution in [0.1, 0.15) is 36.5 Å². The lowest BCUT2D eigenvalue weighted by Crippen LogP contribution is -2.28. The Morgan fingerprint density at radius 2 is 1.93 bits per heavy atom. The van der Waals surface area contributed by atoms with E-state index in [0.717, 1.165) is 51.0 Å². The van der Waals surface area contributed by atoms with Gasteiger partial charge in [-0.25, -0.2) is 0 Å². The molecule has 0 spiro atoms. The first-order chi connectivity index (χ1) is 14.3. The first-order valence-electron chi connectivity index (χ1n) is 10.2. The van der Waals surface area contributed by atoms with Gasteiger partial charge in [0.15, 0.2) is 0 Å². The van der Waals surface area contributed by atoms with Gasteiger partial charge in [0.25, 0.3) is 10.0 Å². The maximum absolute atomic E-state index is 13.2. The number of halogens is 1. The fourth-order valence-electron chi connectivity index (χ4n) is 4.95. The number of benzene rings is 2. The molecule has 2 aliphatic rings. The SMILES string of the molecule is CC[C@@H]1CC2Cc3c(ccc4c3cnn4S(=O)(=O)c3ccc(C)cc3)C2=C(Cl)[C@@H]1O. The van der Waals surface area contributed by atoms with Crippen molar-refractivity contribution >= 4 is 38.1 Å². The van der Waals surface area contributed by atoms with Gasteiger partial charge in [0.1, 0.15) is 0 Å². The van der Waals surface area contributed by atoms with Crippen LogP contribution in [0.15, 0.2) is 52.5 Å². The highest BCUT2D eigenvalue weighted by atomic mass is 35.5. The molecule has 3 aromatic rings. The highest BCUT2D eigenvalue weighted by Crippen LogP contribution is 2.50. The molecule has 0 radical (unpaired) electrons. The molecule has 7 heteroatoms. The zero-order valence-corrected chi connectivity index (χ0v) is 18.4. The summed E-state index contributed by atoms with van der Waals surface area (Å²) in [5.74, 6) is 0.407. The number of aryl methyl sites for hydroxylation is 1. The van der Waals surface area contributed by atoms with Crippen LogP contribution in [0.4, 0.5) is 0 Å². The smallest absolute Gasteiger partial charge is 0.283 e. The Bertz CT molecular complexity index is 1290. The maximum Gasteiger partial charge on any atom is 0.283 e. The van der Waals surface area contributed by atoms with Crippen LogP contribution in [0.5, 0.6) is 0 Å². The lowest BCUT2D eigenvalue weighted by molar-refractivity contribution is 0.125. The van der Waals surface area contributed by atoms with E-state index in [1.54, 1.807) is 36.5 Å². The van der Waals surface area contributed by atoms with Crippen molar-refractivity contribution in [3.05, 3.63) is 64.3 Å². The highest BCUT2D eigenvalue weighted by molar-refractivity contribution is 7.90. The third-order valence-electron chi connectivity index (χ3n) is 6.60. The standard InChI is InChI=1S/C23H23ClN2O3S/c1-3-14-10-15-11-18-17(21(15)22(24)23(14)27)8-9-20-19(18)12-25-26(20)30(28,29)16-6-4-13(2)5-7-16/h4-9,12,14-15,23,27H,3,10-11H2,1-2H3/t14-,15?,23-/m1/s1. The largest absolute Gasteiger partial charge is 0.387 e. The average Bonchev–Trinajstić information content (AvgIpc) is 3.32. The van der Waals surface area contributed by atoms with E-state index in [0.29, 0.717) is 10.5 Å². The van der Waals surface area contributed by atoms with Gasteiger partial charge in [-0.05, 0) is 66.5 Å². The van der Waals surface area contributed by atoms with Crippen molar-refractivity contribution in [3.63, 3.8) is 0 Å². The predicted octanol–water partition coefficient (Wildman–Crippen LogP) is 4.49. The van der Waals surface area contributed by atoms with Crippen LogP contribution in [-0.4, -0.2) is 28.8 Å². The second-order valence-electron chi connectivity index (χ2n) is 8.34. The maximum atomic E-state index is 13.2. The summed E-state index contributed by atoms with van der Waals surface area (Å²) in [6.07, 6.45) is 3.56. The molecule has 30 heavy (non-hydrogen) atoms. The molecule has 1 heterocycles. The van der Waals surface area contributed by atoms with Gasteiger partial charge in [-0.2, -0.15) is 17.6 Å². The Balaban J connectivity index is 1.64. The second kappa shape index (κ2) is 6.94. The molecule has 2 aliphatic carbocycles. The van der Waals surface area contributed by atoms with Crippen LogP contribution in [0.25, 0.3) is 16.5 Å². The van der Waals surface area contributed by atoms with Crippen molar-refractivity contribution in [1.29, 1.82) is 0 Å². The number of fused-ring (bicyclic) bond motifs is 5. The third kappa shape index (κ3) is 2.77. The Hall–Kier alpha value is -2.15. The topological polar surface area (TPSA) is 72.2 Å². The first kappa shape index (κ1) is 19.8. The molecule has 1 aromatic heterocycles. The molecule has 1 N–H and O–H groups in total. The summed E-state index contributed by atoms with van der Waals surface area (Å²) < 4.78 is 27.5. The third-order valence-corrected chi connectivity index (χ3v) is 8.64. The lowest BCUT2D eigenvalue weighted by Gasteiger charge is -2.32. The summed E-state index contributed by atoms with van der Waals surface area (Å²) >= 11 is 6.60. The van der Waals surface area contributed by atoms with Gasteiger partial charge < -0.3 is 5.11 Å². The van der Waals surface area contributed by atoms with E-state index in [4.69, 9.17) is 11.6 Å². The Labute approximate surface area is 181 Å². The predicted molar refractivity (Wildman–Crippen MR) is 118 cm³/mol. The highest BCUT2D eigenvalue weighted by Gasteiger charge is 2.40. The molecule has 5 rings (SSSR count). The quantitative estimate of drug-likeness (QED) is 0.648. The number of aliphatic hydroxyl groups excluding tert-OH is 1. The van der Waals surface area contributed by atoms with Crippen LogP contribution in [0.3, 0.4) is 0 Å². The number of hydrogen-bond acceptors (Lipinski definition) is 4. The molecular formula is C23H23ClN2O3S. The lowest BCUT2D eigenvalue weighted by atomic mass is 9.78. The molecule has 0 saturated carbocycles. The number of rotatable bonds is 3. The van der Waals surface area contributed by atoms with E-state index < -0.39 is 16.1 Å². The monoisotopic (exact) mass is 442 g/mol. The van der Waals surface area contributed by atoms with Crippen molar-refractivity contribution in [2.75, 3.05) is 0 Å². The van der Waals surface area contributed by atoms with Crippen molar-refractivity contribution in [1.82, 2.24) is 9.19 Å². The molecule has 0 bridgehead atoms. The van der Waals surface area contributed by atoms with Gasteiger partial charge in [-0.3, -0.25) is 0 Å². The van der Waals surface area contributed by atoms with Crippen molar-refractivity contribution < 1.29 is 13.5 Å². The second-order valence-corrected chi connectivity index (χ2v) is 10.5. The fraction of sp³-hybridized carbons (Fsp3) is 0.348. The van der Waals surface area contributed by atoms with E-state index >= 15 is 0 Å². The minimum atomic E-state index is -3.79. The number of hydrogen-bond donors (Lipinski definition) is 1. The van der Waals surface area contributed by atoms with Gasteiger partial charge in [-0.1, -0.05) is 48.7 Å². The number of allylic oxidation sites excluding steroid dienone is 1. The molecule has 156 valence electrons. The van der Waals surface area contributed by atoms with Crippen LogP contribution in [0.2, 0.25) is 0 Å². The molecule has 0 saturated heterocycles. The van der Waals surface area contributed by atoms with Crippen LogP contribution < -0.4 is 0 Å². The van der Waals surface area contributed by atoms with Gasteiger partial charge in [0, 0.05) is 5.39 Å². The van der Waals surface area contributed by atoms with Crippen molar-refractivity contribution in [2.45, 2.75) is 44.1 Å². The first-order valence-corrected chi connectivity index (χ1v) is 12.0. The van der Waals surface area contributed by atoms with E-state index in [9.17, 15) is 13.5 Å². The molecular weight excluding hydrogens is 420 g/mol. The summed E-state index contributed by atoms with van der Waals surface area (Å²) in [6, 6.07) is 10.5. The average molecular weight is 443 g/mol. The molecule has 2 aromatic carbocycles. The molecule has 1 unspecified atom stereocenters. The molecule has 0 amide bonds. The number of aliphatic hydroxyl groups is 1. The molecule has 3 atom stereocenters. The Morgan fingerprint density at radius 1 is 1.20 bits per heavy atom. The molecule has 0 aliphatic heterocycles. The summed E-state index contributed by atoms with van der Waals surface area (Å²) in [5, 5.41) is 16.2. The summed E-state index contributed by atoms with van der Waals surface area (Å²) in [7, 11) is -3.79. The van der Waals surface area contributed by atoms with Crippen LogP contribution in [0, 0.1) is 18.8 Å². The summed E-state index contributed by atoms with van der Waals surface area (Å²) in [6.45, 7) is 3.99. The van der Waals surface area contributed by atoms with Crippen molar-refractivity contribution in [3.8, 4) is 0 Å². The number of nitrogens with zero attached hydrogens (tertiary/aromatic N) is 2. The normalized spacial score (nSPS) is 23.7. The van der Waals surface area contributed by atoms with Crippen LogP contribution >= 0.6 is 11.6 Å². The summed E-state index contributed by atoms with van der Waals surface area (Å²) in [4.78, 5) is 0.215. The Morgan fingerprint density at radius 3 is 2.63 bits per heavy atom. The molecule has 5 nitrogen and oxygen atoms in total. The zero-order valence-electron chi connectivity index (χ0n) is 16.8. The zero-order chi connectivity index (χ0) is 21.2. The fourth-order valence-corrected chi connectivity index (χ4v) is 6.66. The minimum absolute atomic E-state index is 0.153. The van der Waals surface area contributed by atoms with E-state index in [-0.39, 0.29) is 16.7 Å². The van der Waals surface area contributed by atoms with E-state index in [1.807, 2.05) is 13.0 Å². The summed E-state index contributed by atoms with van der Waals surface area (Å²) in [5.41, 5.74) is 4.66. The van der Waals surface area contributed by atoms with Gasteiger partial charge in [-0.15, -0.1) is 0 Å². The van der Waals surface area contributed by atoms with Gasteiger partial charge in [0.2, 0.25) is 0 Å². The van der Waals surface area contributed by atoms with E-state index in [1.165, 1.54) is 0 Å². The molecule has 0 fully saturated rings.